The molecule has 0 unspecified atom stereocenters. The number of hydrogen-bond donors (Lipinski definition) is 1. The van der Waals surface area contributed by atoms with Crippen molar-refractivity contribution in [2.24, 2.45) is 0 Å². The molecular formula is C18H20N2. The quantitative estimate of drug-likeness (QED) is 0.856. The predicted molar refractivity (Wildman–Crippen MR) is 86.9 cm³/mol. The summed E-state index contributed by atoms with van der Waals surface area (Å²) in [5.74, 6) is 0. The Balaban J connectivity index is 1.84. The van der Waals surface area contributed by atoms with Gasteiger partial charge in [0.25, 0.3) is 0 Å². The molecule has 20 heavy (non-hydrogen) atoms. The second-order valence-corrected chi connectivity index (χ2v) is 5.34. The molecule has 2 aromatic rings. The molecule has 0 aliphatic carbocycles. The summed E-state index contributed by atoms with van der Waals surface area (Å²) in [6, 6.07) is 16.6. The summed E-state index contributed by atoms with van der Waals surface area (Å²) in [5.41, 5.74) is 11.9. The summed E-state index contributed by atoms with van der Waals surface area (Å²) in [6.45, 7) is 6.17. The van der Waals surface area contributed by atoms with Gasteiger partial charge >= 0.3 is 0 Å². The SMILES string of the molecule is C=C(CN1CCCc2c(N)cccc21)c1ccccc1. The van der Waals surface area contributed by atoms with Gasteiger partial charge in [-0.1, -0.05) is 43.0 Å². The van der Waals surface area contributed by atoms with Crippen molar-refractivity contribution in [1.29, 1.82) is 0 Å². The maximum Gasteiger partial charge on any atom is 0.0429 e. The van der Waals surface area contributed by atoms with Crippen molar-refractivity contribution in [3.8, 4) is 0 Å². The second-order valence-electron chi connectivity index (χ2n) is 5.34. The third-order valence-corrected chi connectivity index (χ3v) is 3.95. The van der Waals surface area contributed by atoms with Crippen LogP contribution in [-0.2, 0) is 6.42 Å². The van der Waals surface area contributed by atoms with Gasteiger partial charge in [0.05, 0.1) is 0 Å². The lowest BCUT2D eigenvalue weighted by atomic mass is 9.98. The van der Waals surface area contributed by atoms with E-state index in [1.54, 1.807) is 0 Å². The van der Waals surface area contributed by atoms with Crippen molar-refractivity contribution in [3.63, 3.8) is 0 Å². The van der Waals surface area contributed by atoms with Crippen molar-refractivity contribution in [2.45, 2.75) is 12.8 Å². The minimum Gasteiger partial charge on any atom is -0.398 e. The zero-order chi connectivity index (χ0) is 13.9. The molecule has 0 fully saturated rings. The molecule has 1 aliphatic rings. The number of rotatable bonds is 3. The van der Waals surface area contributed by atoms with Crippen LogP contribution in [0.1, 0.15) is 17.5 Å². The third-order valence-electron chi connectivity index (χ3n) is 3.95. The number of benzene rings is 2. The largest absolute Gasteiger partial charge is 0.398 e. The Bertz CT molecular complexity index is 617. The monoisotopic (exact) mass is 264 g/mol. The van der Waals surface area contributed by atoms with Gasteiger partial charge in [-0.2, -0.15) is 0 Å². The van der Waals surface area contributed by atoms with Crippen molar-refractivity contribution >= 4 is 16.9 Å². The van der Waals surface area contributed by atoms with Crippen molar-refractivity contribution in [3.05, 3.63) is 66.2 Å². The van der Waals surface area contributed by atoms with E-state index in [-0.39, 0.29) is 0 Å². The molecule has 0 aromatic heterocycles. The maximum atomic E-state index is 6.10. The van der Waals surface area contributed by atoms with E-state index in [0.717, 1.165) is 37.2 Å². The first-order valence-electron chi connectivity index (χ1n) is 7.11. The first-order chi connectivity index (χ1) is 9.75. The van der Waals surface area contributed by atoms with Gasteiger partial charge in [0.15, 0.2) is 0 Å². The van der Waals surface area contributed by atoms with E-state index in [2.05, 4.69) is 41.8 Å². The van der Waals surface area contributed by atoms with Crippen LogP contribution in [-0.4, -0.2) is 13.1 Å². The number of nitrogens with zero attached hydrogens (tertiary/aromatic N) is 1. The number of anilines is 2. The minimum atomic E-state index is 0.862. The highest BCUT2D eigenvalue weighted by Crippen LogP contribution is 2.32. The molecule has 2 heteroatoms. The fourth-order valence-corrected chi connectivity index (χ4v) is 2.89. The summed E-state index contributed by atoms with van der Waals surface area (Å²) < 4.78 is 0. The standard InChI is InChI=1S/C18H20N2/c1-14(15-7-3-2-4-8-15)13-20-12-6-9-16-17(19)10-5-11-18(16)20/h2-5,7-8,10-11H,1,6,9,12-13,19H2. The molecule has 0 amide bonds. The Morgan fingerprint density at radius 3 is 2.70 bits per heavy atom. The summed E-state index contributed by atoms with van der Waals surface area (Å²) >= 11 is 0. The predicted octanol–water partition coefficient (Wildman–Crippen LogP) is 3.73. The van der Waals surface area contributed by atoms with E-state index < -0.39 is 0 Å². The van der Waals surface area contributed by atoms with Crippen LogP contribution < -0.4 is 10.6 Å². The molecule has 3 rings (SSSR count). The van der Waals surface area contributed by atoms with Gasteiger partial charge in [0.2, 0.25) is 0 Å². The average Bonchev–Trinajstić information content (AvgIpc) is 2.49. The van der Waals surface area contributed by atoms with Crippen LogP contribution in [0.25, 0.3) is 5.57 Å². The van der Waals surface area contributed by atoms with Gasteiger partial charge in [-0.15, -0.1) is 0 Å². The zero-order valence-corrected chi connectivity index (χ0v) is 11.7. The number of nitrogen functional groups attached to an aromatic ring is 1. The van der Waals surface area contributed by atoms with E-state index >= 15 is 0 Å². The van der Waals surface area contributed by atoms with Crippen LogP contribution in [0.2, 0.25) is 0 Å². The molecular weight excluding hydrogens is 244 g/mol. The topological polar surface area (TPSA) is 29.3 Å². The first-order valence-corrected chi connectivity index (χ1v) is 7.11. The fourth-order valence-electron chi connectivity index (χ4n) is 2.89. The lowest BCUT2D eigenvalue weighted by Crippen LogP contribution is -2.31. The number of fused-ring (bicyclic) bond motifs is 1. The van der Waals surface area contributed by atoms with E-state index in [1.165, 1.54) is 16.8 Å². The smallest absolute Gasteiger partial charge is 0.0429 e. The molecule has 1 heterocycles. The van der Waals surface area contributed by atoms with E-state index in [0.29, 0.717) is 0 Å². The Morgan fingerprint density at radius 2 is 1.90 bits per heavy atom. The van der Waals surface area contributed by atoms with Crippen molar-refractivity contribution in [2.75, 3.05) is 23.7 Å². The van der Waals surface area contributed by atoms with Crippen LogP contribution in [0.15, 0.2) is 55.1 Å². The van der Waals surface area contributed by atoms with E-state index in [4.69, 9.17) is 5.73 Å². The van der Waals surface area contributed by atoms with Gasteiger partial charge in [-0.05, 0) is 41.7 Å². The van der Waals surface area contributed by atoms with Crippen LogP contribution >= 0.6 is 0 Å². The molecule has 0 spiro atoms. The third kappa shape index (κ3) is 2.42. The lowest BCUT2D eigenvalue weighted by Gasteiger charge is -2.32. The molecule has 0 saturated carbocycles. The molecule has 102 valence electrons. The first kappa shape index (κ1) is 12.8. The molecule has 2 aromatic carbocycles. The fraction of sp³-hybridized carbons (Fsp3) is 0.222. The van der Waals surface area contributed by atoms with Crippen LogP contribution in [0.5, 0.6) is 0 Å². The normalized spacial score (nSPS) is 13.9. The highest BCUT2D eigenvalue weighted by atomic mass is 15.1. The summed E-state index contributed by atoms with van der Waals surface area (Å²) in [4.78, 5) is 2.39. The molecule has 2 N–H and O–H groups in total. The molecule has 0 atom stereocenters. The van der Waals surface area contributed by atoms with E-state index in [9.17, 15) is 0 Å². The zero-order valence-electron chi connectivity index (χ0n) is 11.7. The Morgan fingerprint density at radius 1 is 1.10 bits per heavy atom. The number of hydrogen-bond acceptors (Lipinski definition) is 2. The van der Waals surface area contributed by atoms with Gasteiger partial charge < -0.3 is 10.6 Å². The Kier molecular flexibility index (Phi) is 3.46. The van der Waals surface area contributed by atoms with Crippen LogP contribution in [0.3, 0.4) is 0 Å². The molecule has 0 saturated heterocycles. The van der Waals surface area contributed by atoms with Crippen LogP contribution in [0, 0.1) is 0 Å². The second kappa shape index (κ2) is 5.41. The van der Waals surface area contributed by atoms with Gasteiger partial charge in [-0.25, -0.2) is 0 Å². The Hall–Kier alpha value is -2.22. The highest BCUT2D eigenvalue weighted by Gasteiger charge is 2.19. The minimum absolute atomic E-state index is 0.862. The average molecular weight is 264 g/mol. The van der Waals surface area contributed by atoms with Crippen LogP contribution in [0.4, 0.5) is 11.4 Å². The lowest BCUT2D eigenvalue weighted by molar-refractivity contribution is 0.727. The van der Waals surface area contributed by atoms with E-state index in [1.807, 2.05) is 18.2 Å². The van der Waals surface area contributed by atoms with Gasteiger partial charge in [0, 0.05) is 24.5 Å². The molecule has 0 radical (unpaired) electrons. The molecule has 2 nitrogen and oxygen atoms in total. The van der Waals surface area contributed by atoms with Crippen molar-refractivity contribution < 1.29 is 0 Å². The molecule has 0 bridgehead atoms. The van der Waals surface area contributed by atoms with Gasteiger partial charge in [-0.3, -0.25) is 0 Å². The molecule has 1 aliphatic heterocycles. The Labute approximate surface area is 120 Å². The van der Waals surface area contributed by atoms with Gasteiger partial charge in [0.1, 0.15) is 0 Å². The highest BCUT2D eigenvalue weighted by molar-refractivity contribution is 5.72. The maximum absolute atomic E-state index is 6.10. The number of nitrogens with two attached hydrogens (primary N) is 1. The summed E-state index contributed by atoms with van der Waals surface area (Å²) in [7, 11) is 0. The summed E-state index contributed by atoms with van der Waals surface area (Å²) in [5, 5.41) is 0. The van der Waals surface area contributed by atoms with Crippen molar-refractivity contribution in [1.82, 2.24) is 0 Å². The summed E-state index contributed by atoms with van der Waals surface area (Å²) in [6.07, 6.45) is 2.24.